The molecule has 34 heavy (non-hydrogen) atoms. The number of hydrogen-bond acceptors (Lipinski definition) is 4. The van der Waals surface area contributed by atoms with Gasteiger partial charge in [-0.25, -0.2) is 0 Å². The number of carbonyl (C=O) groups is 3. The molecule has 1 fully saturated rings. The van der Waals surface area contributed by atoms with Gasteiger partial charge in [0, 0.05) is 11.8 Å². The normalized spacial score (nSPS) is 16.8. The molecule has 0 aliphatic heterocycles. The van der Waals surface area contributed by atoms with Crippen molar-refractivity contribution in [3.05, 3.63) is 65.0 Å². The first kappa shape index (κ1) is 31.0. The first-order valence-corrected chi connectivity index (χ1v) is 10.2. The largest absolute Gasteiger partial charge is 0.433 e. The van der Waals surface area contributed by atoms with Crippen molar-refractivity contribution in [3.63, 3.8) is 0 Å². The van der Waals surface area contributed by atoms with Crippen LogP contribution in [-0.2, 0) is 28.4 Å². The third-order valence-corrected chi connectivity index (χ3v) is 5.15. The first-order valence-electron chi connectivity index (χ1n) is 10.2. The van der Waals surface area contributed by atoms with Crippen LogP contribution in [0.25, 0.3) is 0 Å². The van der Waals surface area contributed by atoms with E-state index in [4.69, 9.17) is 9.59 Å². The van der Waals surface area contributed by atoms with Gasteiger partial charge in [-0.2, -0.15) is 26.3 Å². The molecule has 1 heterocycles. The fourth-order valence-electron chi connectivity index (χ4n) is 3.35. The van der Waals surface area contributed by atoms with Crippen LogP contribution >= 0.6 is 0 Å². The van der Waals surface area contributed by atoms with Crippen molar-refractivity contribution in [2.24, 2.45) is 11.8 Å². The molecule has 1 aliphatic carbocycles. The lowest BCUT2D eigenvalue weighted by atomic mass is 9.71. The number of nitrogens with zero attached hydrogens (tertiary/aromatic N) is 1. The fourth-order valence-corrected chi connectivity index (χ4v) is 3.35. The van der Waals surface area contributed by atoms with Crippen LogP contribution in [0.3, 0.4) is 0 Å². The summed E-state index contributed by atoms with van der Waals surface area (Å²) in [6, 6.07) is 7.63. The number of halogens is 6. The Morgan fingerprint density at radius 3 is 1.94 bits per heavy atom. The van der Waals surface area contributed by atoms with E-state index in [0.717, 1.165) is 42.3 Å². The lowest BCUT2D eigenvalue weighted by Gasteiger charge is -2.35. The molecule has 3 rings (SSSR count). The molecule has 0 atom stereocenters. The van der Waals surface area contributed by atoms with Gasteiger partial charge in [0.25, 0.3) is 0 Å². The van der Waals surface area contributed by atoms with Crippen molar-refractivity contribution in [2.45, 2.75) is 51.9 Å². The predicted octanol–water partition coefficient (Wildman–Crippen LogP) is 6.62. The number of aromatic nitrogens is 1. The van der Waals surface area contributed by atoms with Crippen LogP contribution in [0.4, 0.5) is 26.3 Å². The quantitative estimate of drug-likeness (QED) is 0.356. The summed E-state index contributed by atoms with van der Waals surface area (Å²) in [6.45, 7) is 7.44. The predicted molar refractivity (Wildman–Crippen MR) is 115 cm³/mol. The Kier molecular flexibility index (Phi) is 13.0. The van der Waals surface area contributed by atoms with E-state index in [-0.39, 0.29) is 11.3 Å². The molecular weight excluding hydrogens is 464 g/mol. The summed E-state index contributed by atoms with van der Waals surface area (Å²) in [5, 5.41) is 0. The van der Waals surface area contributed by atoms with E-state index >= 15 is 0 Å². The summed E-state index contributed by atoms with van der Waals surface area (Å²) in [5.74, 6) is 1.08. The second kappa shape index (κ2) is 14.3. The lowest BCUT2D eigenvalue weighted by Crippen LogP contribution is -2.24. The van der Waals surface area contributed by atoms with Gasteiger partial charge in [0.15, 0.2) is 5.78 Å². The van der Waals surface area contributed by atoms with E-state index < -0.39 is 23.6 Å². The van der Waals surface area contributed by atoms with Crippen LogP contribution in [0.5, 0.6) is 0 Å². The van der Waals surface area contributed by atoms with Crippen molar-refractivity contribution in [3.8, 4) is 0 Å². The zero-order valence-electron chi connectivity index (χ0n) is 18.9. The van der Waals surface area contributed by atoms with E-state index in [0.29, 0.717) is 5.92 Å². The maximum absolute atomic E-state index is 12.5. The van der Waals surface area contributed by atoms with Crippen LogP contribution in [-0.4, -0.2) is 24.3 Å². The number of carbonyl (C=O) groups excluding carboxylic acids is 3. The molecule has 0 radical (unpaired) electrons. The third-order valence-electron chi connectivity index (χ3n) is 5.15. The van der Waals surface area contributed by atoms with Crippen molar-refractivity contribution in [2.75, 3.05) is 0 Å². The first-order chi connectivity index (χ1) is 15.9. The Hall–Kier alpha value is -3.04. The Balaban J connectivity index is 0.000000574. The molecule has 0 spiro atoms. The van der Waals surface area contributed by atoms with E-state index in [1.165, 1.54) is 38.3 Å². The molecule has 0 N–H and O–H groups in total. The van der Waals surface area contributed by atoms with Gasteiger partial charge in [0.1, 0.15) is 19.3 Å². The summed E-state index contributed by atoms with van der Waals surface area (Å²) >= 11 is 0. The van der Waals surface area contributed by atoms with Crippen LogP contribution in [0.15, 0.2) is 42.6 Å². The molecule has 0 saturated heterocycles. The Labute approximate surface area is 194 Å². The summed E-state index contributed by atoms with van der Waals surface area (Å²) in [7, 11) is 0. The highest BCUT2D eigenvalue weighted by atomic mass is 19.4. The zero-order valence-corrected chi connectivity index (χ0v) is 18.9. The van der Waals surface area contributed by atoms with Gasteiger partial charge >= 0.3 is 12.4 Å². The number of ketones is 1. The van der Waals surface area contributed by atoms with Gasteiger partial charge in [0.2, 0.25) is 0 Å². The third kappa shape index (κ3) is 10.3. The van der Waals surface area contributed by atoms with Gasteiger partial charge in [-0.1, -0.05) is 31.5 Å². The standard InChI is InChI=1S/C14H17F3.C8H6F3NO.2CH2O/c1-2-10-6-12(7-10)8-11-4-3-5-13(9-11)14(15,16)17;1-5(13)6-2-3-7(12-4-6)8(9,10)11;2*1-2/h3-5,9-10,12H,2,6-8H2,1H3;2-4H,1H3;2*1H2. The van der Waals surface area contributed by atoms with Gasteiger partial charge in [-0.15, -0.1) is 0 Å². The van der Waals surface area contributed by atoms with Crippen LogP contribution in [0.1, 0.15) is 60.3 Å². The minimum absolute atomic E-state index is 0.174. The Bertz CT molecular complexity index is 874. The second-order valence-corrected chi connectivity index (χ2v) is 7.50. The van der Waals surface area contributed by atoms with Gasteiger partial charge in [-0.3, -0.25) is 9.78 Å². The molecule has 188 valence electrons. The molecule has 0 bridgehead atoms. The highest BCUT2D eigenvalue weighted by Crippen LogP contribution is 2.38. The molecular formula is C24H27F6NO3. The minimum atomic E-state index is -4.45. The highest BCUT2D eigenvalue weighted by molar-refractivity contribution is 5.93. The Morgan fingerprint density at radius 1 is 0.941 bits per heavy atom. The molecule has 0 amide bonds. The monoisotopic (exact) mass is 491 g/mol. The van der Waals surface area contributed by atoms with Crippen LogP contribution in [0, 0.1) is 11.8 Å². The van der Waals surface area contributed by atoms with Crippen molar-refractivity contribution in [1.82, 2.24) is 4.98 Å². The maximum Gasteiger partial charge on any atom is 0.433 e. The molecule has 1 aliphatic rings. The lowest BCUT2D eigenvalue weighted by molar-refractivity contribution is -0.141. The number of Topliss-reactive ketones (excluding diaryl/α,β-unsaturated/α-hetero) is 1. The number of benzene rings is 1. The summed E-state index contributed by atoms with van der Waals surface area (Å²) in [6.07, 6.45) is -3.42. The van der Waals surface area contributed by atoms with Crippen molar-refractivity contribution in [1.29, 1.82) is 0 Å². The van der Waals surface area contributed by atoms with Crippen molar-refractivity contribution >= 4 is 19.4 Å². The molecule has 1 aromatic carbocycles. The number of rotatable bonds is 4. The molecule has 1 saturated carbocycles. The SMILES string of the molecule is C=O.C=O.CC(=O)c1ccc(C(F)(F)F)nc1.CCC1CC(Cc2cccc(C(F)(F)F)c2)C1. The number of hydrogen-bond donors (Lipinski definition) is 0. The van der Waals surface area contributed by atoms with Gasteiger partial charge < -0.3 is 9.59 Å². The van der Waals surface area contributed by atoms with Gasteiger partial charge in [-0.05, 0) is 61.8 Å². The van der Waals surface area contributed by atoms with Gasteiger partial charge in [0.05, 0.1) is 5.56 Å². The smallest absolute Gasteiger partial charge is 0.307 e. The maximum atomic E-state index is 12.5. The average molecular weight is 491 g/mol. The van der Waals surface area contributed by atoms with E-state index in [9.17, 15) is 31.1 Å². The average Bonchev–Trinajstić information content (AvgIpc) is 2.78. The minimum Gasteiger partial charge on any atom is -0.307 e. The fraction of sp³-hybridized carbons (Fsp3) is 0.417. The van der Waals surface area contributed by atoms with Crippen molar-refractivity contribution < 1.29 is 40.7 Å². The zero-order chi connectivity index (χ0) is 26.5. The summed E-state index contributed by atoms with van der Waals surface area (Å²) in [5.41, 5.74) is -0.522. The topological polar surface area (TPSA) is 64.1 Å². The number of pyridine rings is 1. The highest BCUT2D eigenvalue weighted by Gasteiger charge is 2.32. The Morgan fingerprint density at radius 2 is 1.53 bits per heavy atom. The molecule has 0 unspecified atom stereocenters. The molecule has 4 nitrogen and oxygen atoms in total. The molecule has 2 aromatic rings. The van der Waals surface area contributed by atoms with Crippen LogP contribution < -0.4 is 0 Å². The molecule has 1 aromatic heterocycles. The second-order valence-electron chi connectivity index (χ2n) is 7.50. The van der Waals surface area contributed by atoms with E-state index in [1.54, 1.807) is 6.07 Å². The van der Waals surface area contributed by atoms with Crippen LogP contribution in [0.2, 0.25) is 0 Å². The van der Waals surface area contributed by atoms with E-state index in [2.05, 4.69) is 11.9 Å². The molecule has 10 heteroatoms. The summed E-state index contributed by atoms with van der Waals surface area (Å²) < 4.78 is 73.5. The van der Waals surface area contributed by atoms with E-state index in [1.807, 2.05) is 13.6 Å². The number of alkyl halides is 6. The summed E-state index contributed by atoms with van der Waals surface area (Å²) in [4.78, 5) is 29.8.